The summed E-state index contributed by atoms with van der Waals surface area (Å²) in [5.74, 6) is 0.208. The smallest absolute Gasteiger partial charge is 0.240 e. The monoisotopic (exact) mass is 530 g/mol. The molecule has 3 aromatic carbocycles. The van der Waals surface area contributed by atoms with Gasteiger partial charge in [0.2, 0.25) is 11.9 Å². The molecule has 0 unspecified atom stereocenters. The molecule has 0 spiro atoms. The van der Waals surface area contributed by atoms with Gasteiger partial charge in [0.05, 0.1) is 11.4 Å². The number of carbonyl (C=O) groups excluding carboxylic acids is 1. The summed E-state index contributed by atoms with van der Waals surface area (Å²) in [5.41, 5.74) is 12.6. The maximum absolute atomic E-state index is 12.9. The van der Waals surface area contributed by atoms with Crippen molar-refractivity contribution >= 4 is 27.8 Å². The minimum Gasteiger partial charge on any atom is -0.369 e. The van der Waals surface area contributed by atoms with Gasteiger partial charge >= 0.3 is 0 Å². The van der Waals surface area contributed by atoms with Crippen molar-refractivity contribution in [1.82, 2.24) is 14.9 Å². The van der Waals surface area contributed by atoms with E-state index in [1.165, 1.54) is 5.56 Å². The molecule has 0 fully saturated rings. The van der Waals surface area contributed by atoms with E-state index >= 15 is 0 Å². The van der Waals surface area contributed by atoms with Gasteiger partial charge in [-0.2, -0.15) is 0 Å². The number of hydrogen-bond acceptors (Lipinski definition) is 3. The maximum atomic E-state index is 12.9. The highest BCUT2D eigenvalue weighted by atomic mass is 79.9. The normalized spacial score (nSPS) is 11.4. The fraction of sp³-hybridized carbons (Fsp3) is 0.241. The number of rotatable bonds is 7. The fourth-order valence-electron chi connectivity index (χ4n) is 4.07. The van der Waals surface area contributed by atoms with Crippen molar-refractivity contribution in [2.75, 3.05) is 5.73 Å². The molecule has 1 aromatic heterocycles. The van der Waals surface area contributed by atoms with Crippen molar-refractivity contribution in [2.24, 2.45) is 0 Å². The Morgan fingerprint density at radius 2 is 1.60 bits per heavy atom. The van der Waals surface area contributed by atoms with Crippen molar-refractivity contribution in [1.29, 1.82) is 0 Å². The molecular formula is C29H31BrN4O. The van der Waals surface area contributed by atoms with Crippen LogP contribution in [0, 0.1) is 0 Å². The molecule has 0 saturated carbocycles. The lowest BCUT2D eigenvalue weighted by Crippen LogP contribution is -2.28. The van der Waals surface area contributed by atoms with Gasteiger partial charge in [0, 0.05) is 23.0 Å². The van der Waals surface area contributed by atoms with E-state index in [0.29, 0.717) is 18.9 Å². The third-order valence-corrected chi connectivity index (χ3v) is 6.72. The topological polar surface area (TPSA) is 72.9 Å². The van der Waals surface area contributed by atoms with E-state index in [4.69, 9.17) is 10.7 Å². The summed E-state index contributed by atoms with van der Waals surface area (Å²) in [6.45, 7) is 7.17. The van der Waals surface area contributed by atoms with Gasteiger partial charge in [-0.15, -0.1) is 0 Å². The zero-order chi connectivity index (χ0) is 25.0. The molecule has 6 heteroatoms. The van der Waals surface area contributed by atoms with Crippen LogP contribution in [0.1, 0.15) is 43.2 Å². The Hall–Kier alpha value is -3.38. The number of nitrogens with one attached hydrogen (secondary N) is 1. The van der Waals surface area contributed by atoms with Crippen LogP contribution in [0.15, 0.2) is 83.3 Å². The molecular weight excluding hydrogens is 500 g/mol. The van der Waals surface area contributed by atoms with Gasteiger partial charge in [0.25, 0.3) is 0 Å². The molecule has 0 aliphatic carbocycles. The van der Waals surface area contributed by atoms with Crippen LogP contribution in [-0.2, 0) is 29.7 Å². The first-order chi connectivity index (χ1) is 16.7. The molecule has 0 atom stereocenters. The predicted molar refractivity (Wildman–Crippen MR) is 146 cm³/mol. The molecule has 0 aliphatic rings. The fourth-order valence-corrected chi connectivity index (χ4v) is 4.54. The zero-order valence-corrected chi connectivity index (χ0v) is 22.0. The van der Waals surface area contributed by atoms with Gasteiger partial charge in [0.1, 0.15) is 6.54 Å². The number of imidazole rings is 1. The lowest BCUT2D eigenvalue weighted by molar-refractivity contribution is -0.121. The third kappa shape index (κ3) is 6.01. The number of anilines is 1. The number of benzene rings is 3. The first-order valence-electron chi connectivity index (χ1n) is 11.7. The Balaban J connectivity index is 1.64. The second-order valence-electron chi connectivity index (χ2n) is 9.72. The molecule has 180 valence electrons. The number of halogens is 1. The third-order valence-electron chi connectivity index (χ3n) is 6.02. The molecule has 4 rings (SSSR count). The zero-order valence-electron chi connectivity index (χ0n) is 20.4. The van der Waals surface area contributed by atoms with Gasteiger partial charge in [-0.05, 0) is 28.2 Å². The minimum atomic E-state index is -0.118. The Morgan fingerprint density at radius 3 is 2.26 bits per heavy atom. The summed E-state index contributed by atoms with van der Waals surface area (Å²) in [4.78, 5) is 17.6. The summed E-state index contributed by atoms with van der Waals surface area (Å²) in [6.07, 6.45) is 0.615. The standard InChI is InChI=1S/C29H31BrN4O/c1-29(2,3)22-15-13-20(14-16-22)17-25-27(23-11-7-8-12-24(23)30)34(28(31)33-25)19-26(35)32-18-21-9-5-4-6-10-21/h4-16H,17-19H2,1-3H3,(H2,31,33)(H,32,35). The van der Waals surface area contributed by atoms with Crippen molar-refractivity contribution in [3.05, 3.63) is 106 Å². The summed E-state index contributed by atoms with van der Waals surface area (Å²) in [5, 5.41) is 2.99. The Labute approximate surface area is 215 Å². The summed E-state index contributed by atoms with van der Waals surface area (Å²) in [7, 11) is 0. The minimum absolute atomic E-state index is 0.0886. The van der Waals surface area contributed by atoms with Crippen LogP contribution < -0.4 is 11.1 Å². The second-order valence-corrected chi connectivity index (χ2v) is 10.6. The van der Waals surface area contributed by atoms with Gasteiger partial charge in [-0.25, -0.2) is 4.98 Å². The van der Waals surface area contributed by atoms with Crippen LogP contribution in [0.3, 0.4) is 0 Å². The molecule has 5 nitrogen and oxygen atoms in total. The summed E-state index contributed by atoms with van der Waals surface area (Å²) >= 11 is 3.67. The van der Waals surface area contributed by atoms with E-state index in [2.05, 4.69) is 66.3 Å². The number of aromatic nitrogens is 2. The van der Waals surface area contributed by atoms with Crippen LogP contribution in [0.5, 0.6) is 0 Å². The molecule has 0 bridgehead atoms. The largest absolute Gasteiger partial charge is 0.369 e. The molecule has 35 heavy (non-hydrogen) atoms. The van der Waals surface area contributed by atoms with Gasteiger partial charge in [-0.3, -0.25) is 4.79 Å². The maximum Gasteiger partial charge on any atom is 0.240 e. The highest BCUT2D eigenvalue weighted by molar-refractivity contribution is 9.10. The van der Waals surface area contributed by atoms with Crippen molar-refractivity contribution in [3.8, 4) is 11.3 Å². The van der Waals surface area contributed by atoms with Crippen molar-refractivity contribution in [2.45, 2.75) is 45.7 Å². The van der Waals surface area contributed by atoms with Crippen molar-refractivity contribution in [3.63, 3.8) is 0 Å². The van der Waals surface area contributed by atoms with Crippen LogP contribution in [0.25, 0.3) is 11.3 Å². The van der Waals surface area contributed by atoms with Gasteiger partial charge in [-0.1, -0.05) is 109 Å². The van der Waals surface area contributed by atoms with Gasteiger partial charge in [0.15, 0.2) is 0 Å². The number of amides is 1. The van der Waals surface area contributed by atoms with Crippen LogP contribution >= 0.6 is 15.9 Å². The van der Waals surface area contributed by atoms with E-state index in [0.717, 1.165) is 32.6 Å². The first kappa shape index (κ1) is 24.7. The molecule has 3 N–H and O–H groups in total. The highest BCUT2D eigenvalue weighted by Gasteiger charge is 2.21. The van der Waals surface area contributed by atoms with Crippen LogP contribution in [0.2, 0.25) is 0 Å². The predicted octanol–water partition coefficient (Wildman–Crippen LogP) is 6.10. The number of nitrogens with zero attached hydrogens (tertiary/aromatic N) is 2. The number of nitrogen functional groups attached to an aromatic ring is 1. The van der Waals surface area contributed by atoms with E-state index in [1.807, 2.05) is 54.6 Å². The first-order valence-corrected chi connectivity index (χ1v) is 12.5. The average molecular weight is 531 g/mol. The molecule has 4 aromatic rings. The molecule has 1 amide bonds. The molecule has 0 aliphatic heterocycles. The second kappa shape index (κ2) is 10.5. The average Bonchev–Trinajstić information content (AvgIpc) is 3.12. The van der Waals surface area contributed by atoms with Crippen LogP contribution in [0.4, 0.5) is 5.95 Å². The molecule has 0 radical (unpaired) electrons. The van der Waals surface area contributed by atoms with E-state index < -0.39 is 0 Å². The lowest BCUT2D eigenvalue weighted by Gasteiger charge is -2.19. The molecule has 1 heterocycles. The summed E-state index contributed by atoms with van der Waals surface area (Å²) in [6, 6.07) is 26.4. The van der Waals surface area contributed by atoms with E-state index in [1.54, 1.807) is 4.57 Å². The van der Waals surface area contributed by atoms with Crippen molar-refractivity contribution < 1.29 is 4.79 Å². The lowest BCUT2D eigenvalue weighted by atomic mass is 9.86. The SMILES string of the molecule is CC(C)(C)c1ccc(Cc2nc(N)n(CC(=O)NCc3ccccc3)c2-c2ccccc2Br)cc1. The molecule has 0 saturated heterocycles. The van der Waals surface area contributed by atoms with E-state index in [9.17, 15) is 4.79 Å². The summed E-state index contributed by atoms with van der Waals surface area (Å²) < 4.78 is 2.73. The Bertz CT molecular complexity index is 1310. The van der Waals surface area contributed by atoms with Gasteiger partial charge < -0.3 is 15.6 Å². The quantitative estimate of drug-likeness (QED) is 0.303. The number of nitrogens with two attached hydrogens (primary N) is 1. The number of carbonyl (C=O) groups is 1. The highest BCUT2D eigenvalue weighted by Crippen LogP contribution is 2.34. The van der Waals surface area contributed by atoms with Crippen LogP contribution in [-0.4, -0.2) is 15.5 Å². The Morgan fingerprint density at radius 1 is 0.943 bits per heavy atom. The number of hydrogen-bond donors (Lipinski definition) is 2. The Kier molecular flexibility index (Phi) is 7.41. The van der Waals surface area contributed by atoms with E-state index in [-0.39, 0.29) is 17.9 Å².